The van der Waals surface area contributed by atoms with Gasteiger partial charge < -0.3 is 15.5 Å². The van der Waals surface area contributed by atoms with E-state index in [0.29, 0.717) is 24.3 Å². The summed E-state index contributed by atoms with van der Waals surface area (Å²) in [5.41, 5.74) is -0.140. The van der Waals surface area contributed by atoms with E-state index in [4.69, 9.17) is 11.6 Å². The lowest BCUT2D eigenvalue weighted by Crippen LogP contribution is -2.47. The number of carbonyl (C=O) groups is 3. The molecular weight excluding hydrogens is 440 g/mol. The SMILES string of the molecule is CCN(CC)C(=O)c1ccc(NC(=O)[C@@H](NC(=O)c2c(F)cccc2F)C(C)C)cc1Cl. The van der Waals surface area contributed by atoms with E-state index in [0.717, 1.165) is 18.2 Å². The van der Waals surface area contributed by atoms with Crippen LogP contribution in [0.2, 0.25) is 5.02 Å². The fourth-order valence-electron chi connectivity index (χ4n) is 3.13. The van der Waals surface area contributed by atoms with Crippen molar-refractivity contribution in [1.82, 2.24) is 10.2 Å². The number of hydrogen-bond acceptors (Lipinski definition) is 3. The highest BCUT2D eigenvalue weighted by Gasteiger charge is 2.27. The minimum Gasteiger partial charge on any atom is -0.340 e. The summed E-state index contributed by atoms with van der Waals surface area (Å²) in [6, 6.07) is 6.47. The Hall–Kier alpha value is -3.00. The van der Waals surface area contributed by atoms with Crippen molar-refractivity contribution in [2.24, 2.45) is 5.92 Å². The van der Waals surface area contributed by atoms with Crippen LogP contribution < -0.4 is 10.6 Å². The van der Waals surface area contributed by atoms with E-state index in [9.17, 15) is 23.2 Å². The van der Waals surface area contributed by atoms with Crippen LogP contribution in [0, 0.1) is 17.6 Å². The lowest BCUT2D eigenvalue weighted by Gasteiger charge is -2.22. The van der Waals surface area contributed by atoms with Gasteiger partial charge in [0.2, 0.25) is 5.91 Å². The fourth-order valence-corrected chi connectivity index (χ4v) is 3.39. The first-order valence-electron chi connectivity index (χ1n) is 10.2. The summed E-state index contributed by atoms with van der Waals surface area (Å²) in [4.78, 5) is 39.3. The number of halogens is 3. The van der Waals surface area contributed by atoms with E-state index in [2.05, 4.69) is 10.6 Å². The van der Waals surface area contributed by atoms with Crippen molar-refractivity contribution >= 4 is 35.0 Å². The van der Waals surface area contributed by atoms with Gasteiger partial charge in [-0.25, -0.2) is 8.78 Å². The van der Waals surface area contributed by atoms with Gasteiger partial charge in [0, 0.05) is 18.8 Å². The summed E-state index contributed by atoms with van der Waals surface area (Å²) >= 11 is 6.26. The molecule has 2 N–H and O–H groups in total. The Kier molecular flexibility index (Phi) is 8.72. The molecule has 172 valence electrons. The van der Waals surface area contributed by atoms with Crippen LogP contribution >= 0.6 is 11.6 Å². The number of amides is 3. The highest BCUT2D eigenvalue weighted by Crippen LogP contribution is 2.23. The minimum atomic E-state index is -1.07. The van der Waals surface area contributed by atoms with Gasteiger partial charge in [-0.15, -0.1) is 0 Å². The maximum absolute atomic E-state index is 13.9. The molecule has 6 nitrogen and oxygen atoms in total. The van der Waals surface area contributed by atoms with Gasteiger partial charge in [-0.2, -0.15) is 0 Å². The van der Waals surface area contributed by atoms with Crippen LogP contribution in [0.5, 0.6) is 0 Å². The molecule has 2 aromatic rings. The van der Waals surface area contributed by atoms with E-state index in [-0.39, 0.29) is 16.8 Å². The highest BCUT2D eigenvalue weighted by atomic mass is 35.5. The molecule has 0 saturated carbocycles. The maximum Gasteiger partial charge on any atom is 0.257 e. The lowest BCUT2D eigenvalue weighted by molar-refractivity contribution is -0.118. The zero-order valence-corrected chi connectivity index (χ0v) is 19.1. The molecule has 0 fully saturated rings. The number of rotatable bonds is 8. The molecule has 3 amide bonds. The van der Waals surface area contributed by atoms with Crippen molar-refractivity contribution in [2.75, 3.05) is 18.4 Å². The van der Waals surface area contributed by atoms with Crippen molar-refractivity contribution in [1.29, 1.82) is 0 Å². The van der Waals surface area contributed by atoms with Crippen LogP contribution in [0.1, 0.15) is 48.4 Å². The molecule has 0 bridgehead atoms. The molecule has 9 heteroatoms. The number of anilines is 1. The first kappa shape index (κ1) is 25.3. The predicted molar refractivity (Wildman–Crippen MR) is 120 cm³/mol. The summed E-state index contributed by atoms with van der Waals surface area (Å²) in [5.74, 6) is -4.28. The molecule has 0 aliphatic rings. The van der Waals surface area contributed by atoms with Gasteiger partial charge in [-0.3, -0.25) is 14.4 Å². The second-order valence-electron chi connectivity index (χ2n) is 7.45. The molecule has 2 rings (SSSR count). The predicted octanol–water partition coefficient (Wildman–Crippen LogP) is 4.49. The molecule has 1 atom stereocenters. The molecule has 0 aromatic heterocycles. The Balaban J connectivity index is 2.19. The average molecular weight is 466 g/mol. The van der Waals surface area contributed by atoms with E-state index in [1.54, 1.807) is 18.7 Å². The third-order valence-electron chi connectivity index (χ3n) is 4.94. The number of benzene rings is 2. The third kappa shape index (κ3) is 5.82. The number of hydrogen-bond donors (Lipinski definition) is 2. The molecule has 2 aromatic carbocycles. The molecular formula is C23H26ClF2N3O3. The Morgan fingerprint density at radius 3 is 2.12 bits per heavy atom. The molecule has 0 aliphatic heterocycles. The Labute approximate surface area is 190 Å². The minimum absolute atomic E-state index is 0.165. The van der Waals surface area contributed by atoms with Crippen LogP contribution in [-0.4, -0.2) is 41.8 Å². The molecule has 0 aliphatic carbocycles. The van der Waals surface area contributed by atoms with Gasteiger partial charge in [0.1, 0.15) is 23.2 Å². The lowest BCUT2D eigenvalue weighted by atomic mass is 10.0. The van der Waals surface area contributed by atoms with Crippen molar-refractivity contribution in [3.63, 3.8) is 0 Å². The van der Waals surface area contributed by atoms with E-state index in [1.165, 1.54) is 18.2 Å². The smallest absolute Gasteiger partial charge is 0.257 e. The average Bonchev–Trinajstić information content (AvgIpc) is 2.72. The summed E-state index contributed by atoms with van der Waals surface area (Å²) in [5, 5.41) is 5.17. The number of nitrogens with zero attached hydrogens (tertiary/aromatic N) is 1. The van der Waals surface area contributed by atoms with Crippen LogP contribution in [0.4, 0.5) is 14.5 Å². The zero-order chi connectivity index (χ0) is 24.0. The Morgan fingerprint density at radius 2 is 1.62 bits per heavy atom. The summed E-state index contributed by atoms with van der Waals surface area (Å²) in [6.45, 7) is 8.14. The van der Waals surface area contributed by atoms with E-state index >= 15 is 0 Å². The van der Waals surface area contributed by atoms with Crippen LogP contribution in [0.25, 0.3) is 0 Å². The molecule has 0 unspecified atom stereocenters. The normalized spacial score (nSPS) is 11.8. The fraction of sp³-hybridized carbons (Fsp3) is 0.348. The highest BCUT2D eigenvalue weighted by molar-refractivity contribution is 6.34. The monoisotopic (exact) mass is 465 g/mol. The van der Waals surface area contributed by atoms with Gasteiger partial charge in [0.25, 0.3) is 11.8 Å². The second-order valence-corrected chi connectivity index (χ2v) is 7.86. The van der Waals surface area contributed by atoms with Gasteiger partial charge in [-0.1, -0.05) is 31.5 Å². The molecule has 0 radical (unpaired) electrons. The maximum atomic E-state index is 13.9. The Bertz CT molecular complexity index is 990. The zero-order valence-electron chi connectivity index (χ0n) is 18.3. The second kappa shape index (κ2) is 11.0. The molecule has 32 heavy (non-hydrogen) atoms. The first-order valence-corrected chi connectivity index (χ1v) is 10.6. The van der Waals surface area contributed by atoms with Gasteiger partial charge >= 0.3 is 0 Å². The van der Waals surface area contributed by atoms with Crippen LogP contribution in [0.3, 0.4) is 0 Å². The standard InChI is InChI=1S/C23H26ClF2N3O3/c1-5-29(6-2)23(32)15-11-10-14(12-16(15)24)27-22(31)20(13(3)4)28-21(30)19-17(25)8-7-9-18(19)26/h7-13,20H,5-6H2,1-4H3,(H,27,31)(H,28,30)/t20-/m0/s1. The van der Waals surface area contributed by atoms with Crippen molar-refractivity contribution in [2.45, 2.75) is 33.7 Å². The quantitative estimate of drug-likeness (QED) is 0.602. The largest absolute Gasteiger partial charge is 0.340 e. The third-order valence-corrected chi connectivity index (χ3v) is 5.26. The molecule has 0 spiro atoms. The van der Waals surface area contributed by atoms with E-state index < -0.39 is 35.1 Å². The van der Waals surface area contributed by atoms with Crippen molar-refractivity contribution in [3.8, 4) is 0 Å². The molecule has 0 saturated heterocycles. The number of carbonyl (C=O) groups excluding carboxylic acids is 3. The topological polar surface area (TPSA) is 78.5 Å². The summed E-state index contributed by atoms with van der Waals surface area (Å²) in [6.07, 6.45) is 0. The first-order chi connectivity index (χ1) is 15.1. The van der Waals surface area contributed by atoms with Crippen LogP contribution in [0.15, 0.2) is 36.4 Å². The summed E-state index contributed by atoms with van der Waals surface area (Å²) in [7, 11) is 0. The van der Waals surface area contributed by atoms with Crippen molar-refractivity contribution in [3.05, 3.63) is 64.2 Å². The van der Waals surface area contributed by atoms with Gasteiger partial charge in [0.15, 0.2) is 0 Å². The number of nitrogens with one attached hydrogen (secondary N) is 2. The van der Waals surface area contributed by atoms with Crippen LogP contribution in [-0.2, 0) is 4.79 Å². The van der Waals surface area contributed by atoms with Crippen molar-refractivity contribution < 1.29 is 23.2 Å². The van der Waals surface area contributed by atoms with E-state index in [1.807, 2.05) is 13.8 Å². The van der Waals surface area contributed by atoms with Gasteiger partial charge in [-0.05, 0) is 50.1 Å². The molecule has 0 heterocycles. The summed E-state index contributed by atoms with van der Waals surface area (Å²) < 4.78 is 27.8. The van der Waals surface area contributed by atoms with Gasteiger partial charge in [0.05, 0.1) is 10.6 Å². The Morgan fingerprint density at radius 1 is 1.03 bits per heavy atom.